The third kappa shape index (κ3) is 6.10. The molecule has 172 valence electrons. The van der Waals surface area contributed by atoms with Gasteiger partial charge >= 0.3 is 0 Å². The summed E-state index contributed by atoms with van der Waals surface area (Å²) in [4.78, 5) is 24.7. The Morgan fingerprint density at radius 3 is 2.50 bits per heavy atom. The summed E-state index contributed by atoms with van der Waals surface area (Å²) in [7, 11) is 0. The maximum atomic E-state index is 12.6. The average Bonchev–Trinajstić information content (AvgIpc) is 2.85. The predicted octanol–water partition coefficient (Wildman–Crippen LogP) is 5.65. The number of aldehydes is 1. The van der Waals surface area contributed by atoms with Crippen LogP contribution in [0.4, 0.5) is 0 Å². The molecule has 6 heteroatoms. The van der Waals surface area contributed by atoms with E-state index in [4.69, 9.17) is 4.18 Å². The van der Waals surface area contributed by atoms with E-state index in [1.807, 2.05) is 31.2 Å². The van der Waals surface area contributed by atoms with Crippen molar-refractivity contribution in [1.82, 2.24) is 9.78 Å². The molecule has 0 amide bonds. The second kappa shape index (κ2) is 11.1. The van der Waals surface area contributed by atoms with Gasteiger partial charge in [0.1, 0.15) is 6.29 Å². The van der Waals surface area contributed by atoms with E-state index >= 15 is 0 Å². The quantitative estimate of drug-likeness (QED) is 0.180. The van der Waals surface area contributed by atoms with Crippen LogP contribution in [0.1, 0.15) is 32.6 Å². The van der Waals surface area contributed by atoms with Crippen LogP contribution in [-0.2, 0) is 17.1 Å². The van der Waals surface area contributed by atoms with Gasteiger partial charge in [-0.05, 0) is 61.2 Å². The zero-order valence-electron chi connectivity index (χ0n) is 19.2. The molecule has 3 aromatic carbocycles. The molecule has 0 unspecified atom stereocenters. The number of carbonyl (C=O) groups is 1. The summed E-state index contributed by atoms with van der Waals surface area (Å²) in [5.74, 6) is 0. The van der Waals surface area contributed by atoms with Gasteiger partial charge in [0.25, 0.3) is 5.56 Å². The Labute approximate surface area is 203 Å². The zero-order chi connectivity index (χ0) is 23.9. The molecule has 0 atom stereocenters. The van der Waals surface area contributed by atoms with E-state index in [1.165, 1.54) is 22.3 Å². The zero-order valence-corrected chi connectivity index (χ0v) is 20.0. The number of hydrogen-bond acceptors (Lipinski definition) is 5. The first-order valence-corrected chi connectivity index (χ1v) is 11.8. The largest absolute Gasteiger partial charge is 0.310 e. The Morgan fingerprint density at radius 2 is 1.71 bits per heavy atom. The van der Waals surface area contributed by atoms with Crippen molar-refractivity contribution < 1.29 is 8.98 Å². The van der Waals surface area contributed by atoms with Gasteiger partial charge in [0.15, 0.2) is 0 Å². The molecule has 0 aliphatic rings. The van der Waals surface area contributed by atoms with E-state index in [2.05, 4.69) is 48.4 Å². The molecule has 0 aliphatic carbocycles. The Balaban J connectivity index is 1.47. The van der Waals surface area contributed by atoms with Crippen LogP contribution in [0.5, 0.6) is 0 Å². The normalized spacial score (nSPS) is 10.9. The van der Waals surface area contributed by atoms with Gasteiger partial charge in [-0.25, -0.2) is 4.68 Å². The summed E-state index contributed by atoms with van der Waals surface area (Å²) in [5, 5.41) is 4.66. The summed E-state index contributed by atoms with van der Waals surface area (Å²) in [6.45, 7) is 4.85. The molecule has 0 saturated heterocycles. The molecular weight excluding hydrogens is 444 g/mol. The van der Waals surface area contributed by atoms with Crippen molar-refractivity contribution in [2.24, 2.45) is 0 Å². The first-order valence-electron chi connectivity index (χ1n) is 11.1. The molecule has 0 radical (unpaired) electrons. The predicted molar refractivity (Wildman–Crippen MR) is 136 cm³/mol. The number of carbonyl (C=O) groups excluding carboxylic acids is 1. The van der Waals surface area contributed by atoms with Crippen LogP contribution in [0, 0.1) is 13.8 Å². The number of nitrogens with zero attached hydrogens (tertiary/aromatic N) is 2. The molecule has 0 aliphatic heterocycles. The number of hydrogen-bond donors (Lipinski definition) is 0. The molecule has 0 spiro atoms. The van der Waals surface area contributed by atoms with Crippen molar-refractivity contribution >= 4 is 18.3 Å². The molecule has 1 heterocycles. The lowest BCUT2D eigenvalue weighted by atomic mass is 10.0. The average molecular weight is 471 g/mol. The topological polar surface area (TPSA) is 61.2 Å². The number of aryl methyl sites for hydroxylation is 2. The summed E-state index contributed by atoms with van der Waals surface area (Å²) < 4.78 is 7.23. The minimum Gasteiger partial charge on any atom is -0.310 e. The monoisotopic (exact) mass is 470 g/mol. The maximum Gasteiger partial charge on any atom is 0.267 e. The van der Waals surface area contributed by atoms with Crippen molar-refractivity contribution in [2.45, 2.75) is 31.7 Å². The molecule has 0 saturated carbocycles. The lowest BCUT2D eigenvalue weighted by Gasteiger charge is -2.11. The highest BCUT2D eigenvalue weighted by atomic mass is 32.2. The van der Waals surface area contributed by atoms with E-state index in [0.29, 0.717) is 18.7 Å². The molecule has 0 fully saturated rings. The molecule has 0 bridgehead atoms. The van der Waals surface area contributed by atoms with Gasteiger partial charge in [0, 0.05) is 34.1 Å². The van der Waals surface area contributed by atoms with Crippen LogP contribution < -0.4 is 5.56 Å². The van der Waals surface area contributed by atoms with Crippen LogP contribution >= 0.6 is 12.0 Å². The van der Waals surface area contributed by atoms with Crippen molar-refractivity contribution in [3.8, 4) is 11.3 Å². The van der Waals surface area contributed by atoms with Crippen molar-refractivity contribution in [2.75, 3.05) is 6.61 Å². The third-order valence-corrected chi connectivity index (χ3v) is 6.21. The van der Waals surface area contributed by atoms with E-state index in [9.17, 15) is 9.59 Å². The Bertz CT molecular complexity index is 1350. The number of aromatic nitrogens is 2. The van der Waals surface area contributed by atoms with Gasteiger partial charge in [-0.3, -0.25) is 9.59 Å². The molecular formula is C28H26N2O3S. The van der Waals surface area contributed by atoms with Crippen molar-refractivity contribution in [3.63, 3.8) is 0 Å². The molecule has 1 aromatic heterocycles. The molecule has 0 N–H and O–H groups in total. The van der Waals surface area contributed by atoms with E-state index in [-0.39, 0.29) is 5.56 Å². The van der Waals surface area contributed by atoms with Gasteiger partial charge in [0.05, 0.1) is 18.8 Å². The standard InChI is InChI=1S/C28H26N2O3S/c1-20-9-11-26(12-10-20)34-33-14-13-22-5-4-8-25(17-22)28-21(2)15-27(32)30(29-28)18-23-6-3-7-24(16-23)19-31/h3-12,15-17,19H,13-14,18H2,1-2H3. The van der Waals surface area contributed by atoms with Gasteiger partial charge in [-0.15, -0.1) is 0 Å². The SMILES string of the molecule is Cc1ccc(SOCCc2cccc(-c3nn(Cc4cccc(C=O)c4)c(=O)cc3C)c2)cc1. The fraction of sp³-hybridized carbons (Fsp3) is 0.179. The van der Waals surface area contributed by atoms with Crippen LogP contribution in [0.2, 0.25) is 0 Å². The fourth-order valence-corrected chi connectivity index (χ4v) is 4.20. The van der Waals surface area contributed by atoms with Gasteiger partial charge in [-0.2, -0.15) is 5.10 Å². The summed E-state index contributed by atoms with van der Waals surface area (Å²) in [6.07, 6.45) is 1.57. The Morgan fingerprint density at radius 1 is 0.941 bits per heavy atom. The summed E-state index contributed by atoms with van der Waals surface area (Å²) in [6, 6.07) is 25.2. The second-order valence-electron chi connectivity index (χ2n) is 8.20. The van der Waals surface area contributed by atoms with Crippen LogP contribution in [0.25, 0.3) is 11.3 Å². The van der Waals surface area contributed by atoms with Crippen molar-refractivity contribution in [3.05, 3.63) is 117 Å². The highest BCUT2D eigenvalue weighted by molar-refractivity contribution is 7.94. The molecule has 5 nitrogen and oxygen atoms in total. The van der Waals surface area contributed by atoms with Crippen LogP contribution in [-0.4, -0.2) is 22.7 Å². The number of rotatable bonds is 9. The van der Waals surface area contributed by atoms with E-state index in [0.717, 1.165) is 45.6 Å². The summed E-state index contributed by atoms with van der Waals surface area (Å²) in [5.41, 5.74) is 6.17. The molecule has 34 heavy (non-hydrogen) atoms. The third-order valence-electron chi connectivity index (χ3n) is 5.46. The highest BCUT2D eigenvalue weighted by Crippen LogP contribution is 2.23. The van der Waals surface area contributed by atoms with Gasteiger partial charge in [-0.1, -0.05) is 54.1 Å². The first kappa shape index (κ1) is 23.7. The van der Waals surface area contributed by atoms with Gasteiger partial charge < -0.3 is 4.18 Å². The second-order valence-corrected chi connectivity index (χ2v) is 9.08. The van der Waals surface area contributed by atoms with Crippen LogP contribution in [0.3, 0.4) is 0 Å². The Kier molecular flexibility index (Phi) is 7.72. The molecule has 4 aromatic rings. The lowest BCUT2D eigenvalue weighted by molar-refractivity contribution is 0.112. The van der Waals surface area contributed by atoms with Crippen molar-refractivity contribution in [1.29, 1.82) is 0 Å². The Hall–Kier alpha value is -3.48. The first-order chi connectivity index (χ1) is 16.5. The van der Waals surface area contributed by atoms with E-state index < -0.39 is 0 Å². The van der Waals surface area contributed by atoms with Crippen LogP contribution in [0.15, 0.2) is 88.6 Å². The van der Waals surface area contributed by atoms with Gasteiger partial charge in [0.2, 0.25) is 0 Å². The molecule has 4 rings (SSSR count). The lowest BCUT2D eigenvalue weighted by Crippen LogP contribution is -2.24. The minimum absolute atomic E-state index is 0.171. The minimum atomic E-state index is -0.171. The maximum absolute atomic E-state index is 12.6. The highest BCUT2D eigenvalue weighted by Gasteiger charge is 2.10. The smallest absolute Gasteiger partial charge is 0.267 e. The van der Waals surface area contributed by atoms with E-state index in [1.54, 1.807) is 18.2 Å². The number of benzene rings is 3. The fourth-order valence-electron chi connectivity index (χ4n) is 3.65. The summed E-state index contributed by atoms with van der Waals surface area (Å²) >= 11 is 1.39.